The normalized spacial score (nSPS) is 18.1. The van der Waals surface area contributed by atoms with Gasteiger partial charge in [-0.1, -0.05) is 48.5 Å². The molecule has 0 spiro atoms. The second kappa shape index (κ2) is 7.84. The number of amides is 1. The maximum atomic E-state index is 14.1. The lowest BCUT2D eigenvalue weighted by Crippen LogP contribution is -2.43. The topological polar surface area (TPSA) is 38.1 Å². The molecule has 4 nitrogen and oxygen atoms in total. The molecule has 1 aromatic carbocycles. The van der Waals surface area contributed by atoms with E-state index >= 15 is 0 Å². The lowest BCUT2D eigenvalue weighted by molar-refractivity contribution is -0.142. The highest BCUT2D eigenvalue weighted by molar-refractivity contribution is 6.37. The minimum Gasteiger partial charge on any atom is -0.331 e. The second-order valence-corrected chi connectivity index (χ2v) is 8.43. The van der Waals surface area contributed by atoms with Crippen molar-refractivity contribution in [1.29, 1.82) is 0 Å². The van der Waals surface area contributed by atoms with Crippen LogP contribution in [0.1, 0.15) is 61.1 Å². The molecule has 156 valence electrons. The van der Waals surface area contributed by atoms with Crippen LogP contribution in [0.25, 0.3) is 5.69 Å². The van der Waals surface area contributed by atoms with Crippen molar-refractivity contribution in [2.75, 3.05) is 0 Å². The summed E-state index contributed by atoms with van der Waals surface area (Å²) in [5, 5.41) is 0.0939. The molecule has 1 aromatic heterocycles. The molecule has 2 aromatic rings. The lowest BCUT2D eigenvalue weighted by Gasteiger charge is -2.34. The molecule has 1 heterocycles. The number of para-hydroxylation sites is 1. The Hall–Kier alpha value is -1.73. The molecule has 0 radical (unpaired) electrons. The van der Waals surface area contributed by atoms with E-state index in [4.69, 9.17) is 23.2 Å². The Morgan fingerprint density at radius 2 is 1.62 bits per heavy atom. The van der Waals surface area contributed by atoms with Crippen molar-refractivity contribution in [3.63, 3.8) is 0 Å². The summed E-state index contributed by atoms with van der Waals surface area (Å²) in [6.07, 6.45) is 2.52. The summed E-state index contributed by atoms with van der Waals surface area (Å²) in [6.45, 7) is 0. The molecule has 9 heteroatoms. The third-order valence-corrected chi connectivity index (χ3v) is 6.17. The van der Waals surface area contributed by atoms with Crippen LogP contribution in [0.4, 0.5) is 13.2 Å². The van der Waals surface area contributed by atoms with Gasteiger partial charge in [0, 0.05) is 12.1 Å². The fourth-order valence-corrected chi connectivity index (χ4v) is 4.71. The molecule has 2 fully saturated rings. The zero-order chi connectivity index (χ0) is 20.8. The van der Waals surface area contributed by atoms with Crippen LogP contribution < -0.4 is 0 Å². The third-order valence-electron chi connectivity index (χ3n) is 5.56. The summed E-state index contributed by atoms with van der Waals surface area (Å²) >= 11 is 12.2. The van der Waals surface area contributed by atoms with Gasteiger partial charge in [-0.05, 0) is 37.8 Å². The van der Waals surface area contributed by atoms with Crippen molar-refractivity contribution < 1.29 is 18.0 Å². The Morgan fingerprint density at radius 3 is 2.17 bits per heavy atom. The van der Waals surface area contributed by atoms with E-state index in [1.54, 1.807) is 11.0 Å². The maximum absolute atomic E-state index is 14.1. The van der Waals surface area contributed by atoms with E-state index in [0.29, 0.717) is 0 Å². The highest BCUT2D eigenvalue weighted by Crippen LogP contribution is 2.40. The third kappa shape index (κ3) is 3.99. The van der Waals surface area contributed by atoms with Crippen molar-refractivity contribution in [3.05, 3.63) is 46.0 Å². The van der Waals surface area contributed by atoms with Crippen LogP contribution >= 0.6 is 23.2 Å². The molecular formula is C20H20Cl2F3N3O. The number of halogens is 5. The molecular weight excluding hydrogens is 426 g/mol. The lowest BCUT2D eigenvalue weighted by atomic mass is 9.93. The summed E-state index contributed by atoms with van der Waals surface area (Å²) in [4.78, 5) is 18.8. The van der Waals surface area contributed by atoms with Gasteiger partial charge in [0.2, 0.25) is 0 Å². The van der Waals surface area contributed by atoms with Crippen LogP contribution in [-0.4, -0.2) is 32.4 Å². The fraction of sp³-hybridized carbons (Fsp3) is 0.500. The van der Waals surface area contributed by atoms with Crippen LogP contribution in [0.3, 0.4) is 0 Å². The average molecular weight is 446 g/mol. The zero-order valence-electron chi connectivity index (χ0n) is 15.6. The smallest absolute Gasteiger partial charge is 0.331 e. The van der Waals surface area contributed by atoms with Gasteiger partial charge in [-0.3, -0.25) is 9.36 Å². The number of alkyl halides is 3. The summed E-state index contributed by atoms with van der Waals surface area (Å²) in [5.41, 5.74) is -1.77. The van der Waals surface area contributed by atoms with Crippen LogP contribution in [0.5, 0.6) is 0 Å². The van der Waals surface area contributed by atoms with E-state index in [1.807, 2.05) is 0 Å². The molecule has 0 saturated heterocycles. The van der Waals surface area contributed by atoms with Gasteiger partial charge in [0.1, 0.15) is 6.33 Å². The summed E-state index contributed by atoms with van der Waals surface area (Å²) in [5.74, 6) is -0.659. The highest BCUT2D eigenvalue weighted by atomic mass is 35.5. The van der Waals surface area contributed by atoms with Crippen molar-refractivity contribution >= 4 is 29.1 Å². The molecule has 1 amide bonds. The molecule has 0 N–H and O–H groups in total. The van der Waals surface area contributed by atoms with Gasteiger partial charge >= 0.3 is 6.18 Å². The summed E-state index contributed by atoms with van der Waals surface area (Å²) in [7, 11) is 0. The number of benzene rings is 1. The van der Waals surface area contributed by atoms with E-state index in [0.717, 1.165) is 55.8 Å². The van der Waals surface area contributed by atoms with E-state index < -0.39 is 23.5 Å². The summed E-state index contributed by atoms with van der Waals surface area (Å²) in [6, 6.07) is 4.41. The van der Waals surface area contributed by atoms with Crippen LogP contribution in [-0.2, 0) is 6.18 Å². The number of carbonyl (C=O) groups is 1. The van der Waals surface area contributed by atoms with E-state index in [2.05, 4.69) is 4.98 Å². The molecule has 2 aliphatic carbocycles. The quantitative estimate of drug-likeness (QED) is 0.566. The molecule has 0 unspecified atom stereocenters. The predicted molar refractivity (Wildman–Crippen MR) is 105 cm³/mol. The molecule has 4 rings (SSSR count). The van der Waals surface area contributed by atoms with Crippen molar-refractivity contribution in [2.24, 2.45) is 0 Å². The number of aromatic nitrogens is 2. The monoisotopic (exact) mass is 445 g/mol. The zero-order valence-corrected chi connectivity index (χ0v) is 17.1. The number of hydrogen-bond donors (Lipinski definition) is 0. The first-order valence-electron chi connectivity index (χ1n) is 9.70. The Balaban J connectivity index is 1.79. The Bertz CT molecular complexity index is 898. The van der Waals surface area contributed by atoms with Crippen molar-refractivity contribution in [3.8, 4) is 5.69 Å². The van der Waals surface area contributed by atoms with E-state index in [-0.39, 0.29) is 27.8 Å². The van der Waals surface area contributed by atoms with Gasteiger partial charge in [0.05, 0.1) is 15.7 Å². The van der Waals surface area contributed by atoms with Gasteiger partial charge in [-0.15, -0.1) is 0 Å². The van der Waals surface area contributed by atoms with Gasteiger partial charge in [-0.25, -0.2) is 4.98 Å². The average Bonchev–Trinajstić information content (AvgIpc) is 3.39. The molecule has 0 bridgehead atoms. The minimum absolute atomic E-state index is 0.000680. The van der Waals surface area contributed by atoms with Gasteiger partial charge in [-0.2, -0.15) is 13.2 Å². The first-order valence-corrected chi connectivity index (χ1v) is 10.5. The molecule has 0 aliphatic heterocycles. The van der Waals surface area contributed by atoms with E-state index in [9.17, 15) is 18.0 Å². The Labute approximate surface area is 176 Å². The number of rotatable bonds is 4. The predicted octanol–water partition coefficient (Wildman–Crippen LogP) is 6.14. The number of nitrogens with zero attached hydrogens (tertiary/aromatic N) is 3. The Morgan fingerprint density at radius 1 is 1.03 bits per heavy atom. The molecule has 2 saturated carbocycles. The summed E-state index contributed by atoms with van der Waals surface area (Å²) < 4.78 is 43.0. The van der Waals surface area contributed by atoms with Gasteiger partial charge in [0.25, 0.3) is 5.91 Å². The highest BCUT2D eigenvalue weighted by Gasteiger charge is 2.45. The largest absolute Gasteiger partial charge is 0.434 e. The SMILES string of the molecule is O=C(c1ncn(-c2c(Cl)cccc2Cl)c1C(F)(F)F)N(C1CCCCC1)C1CC1. The number of carbonyl (C=O) groups excluding carboxylic acids is 1. The van der Waals surface area contributed by atoms with Crippen LogP contribution in [0.2, 0.25) is 10.0 Å². The van der Waals surface area contributed by atoms with Gasteiger partial charge in [0.15, 0.2) is 11.4 Å². The number of imidazole rings is 1. The van der Waals surface area contributed by atoms with Crippen LogP contribution in [0, 0.1) is 0 Å². The fourth-order valence-electron chi connectivity index (χ4n) is 4.13. The van der Waals surface area contributed by atoms with Gasteiger partial charge < -0.3 is 4.90 Å². The maximum Gasteiger partial charge on any atom is 0.434 e. The van der Waals surface area contributed by atoms with Crippen LogP contribution in [0.15, 0.2) is 24.5 Å². The second-order valence-electron chi connectivity index (χ2n) is 7.62. The molecule has 0 atom stereocenters. The molecule has 2 aliphatic rings. The van der Waals surface area contributed by atoms with Crippen molar-refractivity contribution in [2.45, 2.75) is 63.2 Å². The van der Waals surface area contributed by atoms with E-state index in [1.165, 1.54) is 12.1 Å². The minimum atomic E-state index is -4.80. The molecule has 29 heavy (non-hydrogen) atoms. The standard InChI is InChI=1S/C20H20Cl2F3N3O/c21-14-7-4-8-15(22)17(14)27-11-26-16(18(27)20(23,24)25)19(29)28(13-9-10-13)12-5-2-1-3-6-12/h4,7-8,11-13H,1-3,5-6,9-10H2. The first kappa shape index (κ1) is 20.5. The van der Waals surface area contributed by atoms with Crippen molar-refractivity contribution in [1.82, 2.24) is 14.5 Å². The first-order chi connectivity index (χ1) is 13.8. The Kier molecular flexibility index (Phi) is 5.55. The number of hydrogen-bond acceptors (Lipinski definition) is 2.